The molecule has 1 atom stereocenters. The molecule has 6 nitrogen and oxygen atoms in total. The van der Waals surface area contributed by atoms with Crippen LogP contribution in [0.15, 0.2) is 60.7 Å². The minimum absolute atomic E-state index is 0.205. The van der Waals surface area contributed by atoms with Gasteiger partial charge < -0.3 is 14.6 Å². The molecular weight excluding hydrogens is 390 g/mol. The van der Waals surface area contributed by atoms with Crippen molar-refractivity contribution >= 4 is 33.7 Å². The summed E-state index contributed by atoms with van der Waals surface area (Å²) in [5, 5.41) is 2.02. The monoisotopic (exact) mass is 413 g/mol. The van der Waals surface area contributed by atoms with Crippen molar-refractivity contribution in [3.63, 3.8) is 0 Å². The second kappa shape index (κ2) is 7.87. The van der Waals surface area contributed by atoms with E-state index in [1.165, 1.54) is 0 Å². The molecule has 1 aliphatic heterocycles. The molecule has 1 N–H and O–H groups in total. The number of aromatic amines is 1. The molecule has 31 heavy (non-hydrogen) atoms. The zero-order valence-corrected chi connectivity index (χ0v) is 17.3. The molecular formula is C25H23N3O3. The normalized spacial score (nSPS) is 16.2. The summed E-state index contributed by atoms with van der Waals surface area (Å²) in [5.74, 6) is -0.589. The van der Waals surface area contributed by atoms with Gasteiger partial charge in [0.1, 0.15) is 18.3 Å². The summed E-state index contributed by atoms with van der Waals surface area (Å²) in [6.45, 7) is 2.62. The number of hydrogen-bond donors (Lipinski definition) is 1. The summed E-state index contributed by atoms with van der Waals surface area (Å²) < 4.78 is 5.51. The zero-order valence-electron chi connectivity index (χ0n) is 17.3. The summed E-state index contributed by atoms with van der Waals surface area (Å²) >= 11 is 0. The van der Waals surface area contributed by atoms with E-state index in [9.17, 15) is 9.59 Å². The molecule has 156 valence electrons. The third kappa shape index (κ3) is 3.54. The number of hydrogen-bond acceptors (Lipinski definition) is 4. The molecule has 0 unspecified atom stereocenters. The molecule has 1 amide bonds. The SMILES string of the molecule is Cc1nc(C(=O)N2CCC[C@H]2C(=O)OCc2ccccc2)cc2c1[nH]c1ccccc12. The largest absolute Gasteiger partial charge is 0.459 e. The molecule has 1 fully saturated rings. The van der Waals surface area contributed by atoms with Crippen molar-refractivity contribution in [3.8, 4) is 0 Å². The quantitative estimate of drug-likeness (QED) is 0.504. The van der Waals surface area contributed by atoms with Crippen LogP contribution in [0.25, 0.3) is 21.8 Å². The van der Waals surface area contributed by atoms with Crippen LogP contribution in [0.4, 0.5) is 0 Å². The lowest BCUT2D eigenvalue weighted by atomic mass is 10.1. The van der Waals surface area contributed by atoms with E-state index in [0.717, 1.165) is 39.5 Å². The first-order valence-corrected chi connectivity index (χ1v) is 10.5. The molecule has 0 radical (unpaired) electrons. The molecule has 2 aromatic carbocycles. The third-order valence-corrected chi connectivity index (χ3v) is 5.91. The lowest BCUT2D eigenvalue weighted by Gasteiger charge is -2.23. The third-order valence-electron chi connectivity index (χ3n) is 5.91. The Hall–Kier alpha value is -3.67. The number of pyridine rings is 1. The molecule has 0 saturated carbocycles. The Morgan fingerprint density at radius 3 is 2.71 bits per heavy atom. The van der Waals surface area contributed by atoms with Gasteiger partial charge in [0.05, 0.1) is 11.2 Å². The highest BCUT2D eigenvalue weighted by Crippen LogP contribution is 2.29. The summed E-state index contributed by atoms with van der Waals surface area (Å²) in [4.78, 5) is 35.6. The number of benzene rings is 2. The van der Waals surface area contributed by atoms with Crippen LogP contribution in [-0.4, -0.2) is 39.3 Å². The Bertz CT molecular complexity index is 1280. The second-order valence-corrected chi connectivity index (χ2v) is 7.94. The number of fused-ring (bicyclic) bond motifs is 3. The fourth-order valence-electron chi connectivity index (χ4n) is 4.34. The smallest absolute Gasteiger partial charge is 0.329 e. The Kier molecular flexibility index (Phi) is 4.90. The van der Waals surface area contributed by atoms with E-state index < -0.39 is 6.04 Å². The number of rotatable bonds is 4. The Balaban J connectivity index is 1.40. The van der Waals surface area contributed by atoms with Crippen LogP contribution in [0.5, 0.6) is 0 Å². The highest BCUT2D eigenvalue weighted by Gasteiger charge is 2.36. The number of ether oxygens (including phenoxy) is 1. The minimum Gasteiger partial charge on any atom is -0.459 e. The lowest BCUT2D eigenvalue weighted by molar-refractivity contribution is -0.149. The highest BCUT2D eigenvalue weighted by molar-refractivity contribution is 6.10. The van der Waals surface area contributed by atoms with Crippen LogP contribution in [0.3, 0.4) is 0 Å². The number of carbonyl (C=O) groups excluding carboxylic acids is 2. The maximum absolute atomic E-state index is 13.3. The van der Waals surface area contributed by atoms with E-state index in [1.807, 2.05) is 67.6 Å². The number of likely N-dealkylation sites (tertiary alicyclic amines) is 1. The van der Waals surface area contributed by atoms with Gasteiger partial charge in [0.15, 0.2) is 0 Å². The van der Waals surface area contributed by atoms with E-state index in [1.54, 1.807) is 4.90 Å². The second-order valence-electron chi connectivity index (χ2n) is 7.94. The van der Waals surface area contributed by atoms with E-state index in [-0.39, 0.29) is 18.5 Å². The van der Waals surface area contributed by atoms with Crippen LogP contribution >= 0.6 is 0 Å². The number of esters is 1. The van der Waals surface area contributed by atoms with Gasteiger partial charge in [-0.3, -0.25) is 4.79 Å². The van der Waals surface area contributed by atoms with Crippen LogP contribution < -0.4 is 0 Å². The van der Waals surface area contributed by atoms with E-state index in [2.05, 4.69) is 9.97 Å². The summed E-state index contributed by atoms with van der Waals surface area (Å²) in [5.41, 5.74) is 3.99. The Labute approximate surface area is 179 Å². The number of aromatic nitrogens is 2. The maximum Gasteiger partial charge on any atom is 0.329 e. The van der Waals surface area contributed by atoms with Gasteiger partial charge in [-0.15, -0.1) is 0 Å². The van der Waals surface area contributed by atoms with Crippen LogP contribution in [0, 0.1) is 6.92 Å². The first-order chi connectivity index (χ1) is 15.1. The van der Waals surface area contributed by atoms with Gasteiger partial charge in [-0.2, -0.15) is 0 Å². The average molecular weight is 413 g/mol. The van der Waals surface area contributed by atoms with Gasteiger partial charge in [-0.1, -0.05) is 48.5 Å². The predicted molar refractivity (Wildman–Crippen MR) is 119 cm³/mol. The van der Waals surface area contributed by atoms with Crippen molar-refractivity contribution in [2.24, 2.45) is 0 Å². The number of para-hydroxylation sites is 1. The fourth-order valence-corrected chi connectivity index (χ4v) is 4.34. The zero-order chi connectivity index (χ0) is 21.4. The Morgan fingerprint density at radius 1 is 1.10 bits per heavy atom. The van der Waals surface area contributed by atoms with Gasteiger partial charge in [0.25, 0.3) is 5.91 Å². The molecule has 6 heteroatoms. The molecule has 3 heterocycles. The average Bonchev–Trinajstić information content (AvgIpc) is 3.43. The van der Waals surface area contributed by atoms with E-state index in [4.69, 9.17) is 4.74 Å². The van der Waals surface area contributed by atoms with Crippen LogP contribution in [0.1, 0.15) is 34.6 Å². The van der Waals surface area contributed by atoms with Crippen LogP contribution in [-0.2, 0) is 16.1 Å². The fraction of sp³-hybridized carbons (Fsp3) is 0.240. The van der Waals surface area contributed by atoms with Gasteiger partial charge in [-0.05, 0) is 37.5 Å². The van der Waals surface area contributed by atoms with Crippen molar-refractivity contribution in [1.29, 1.82) is 0 Å². The first kappa shape index (κ1) is 19.3. The van der Waals surface area contributed by atoms with Gasteiger partial charge in [0.2, 0.25) is 0 Å². The molecule has 1 aliphatic rings. The number of amides is 1. The molecule has 0 spiro atoms. The molecule has 2 aromatic heterocycles. The van der Waals surface area contributed by atoms with Crippen molar-refractivity contribution in [1.82, 2.24) is 14.9 Å². The molecule has 1 saturated heterocycles. The van der Waals surface area contributed by atoms with Crippen molar-refractivity contribution < 1.29 is 14.3 Å². The number of nitrogens with one attached hydrogen (secondary N) is 1. The number of H-pyrrole nitrogens is 1. The predicted octanol–water partition coefficient (Wildman–Crippen LogP) is 4.37. The highest BCUT2D eigenvalue weighted by atomic mass is 16.5. The standard InChI is InChI=1S/C25H23N3O3/c1-16-23-19(18-10-5-6-11-20(18)27-23)14-21(26-16)24(29)28-13-7-12-22(28)25(30)31-15-17-8-3-2-4-9-17/h2-6,8-11,14,22,27H,7,12-13,15H2,1H3/t22-/m0/s1. The molecule has 0 aliphatic carbocycles. The molecule has 5 rings (SSSR count). The van der Waals surface area contributed by atoms with E-state index >= 15 is 0 Å². The first-order valence-electron chi connectivity index (χ1n) is 10.5. The van der Waals surface area contributed by atoms with Gasteiger partial charge >= 0.3 is 5.97 Å². The van der Waals surface area contributed by atoms with E-state index in [0.29, 0.717) is 18.7 Å². The van der Waals surface area contributed by atoms with Gasteiger partial charge in [-0.25, -0.2) is 9.78 Å². The number of carbonyl (C=O) groups is 2. The summed E-state index contributed by atoms with van der Waals surface area (Å²) in [7, 11) is 0. The lowest BCUT2D eigenvalue weighted by Crippen LogP contribution is -2.41. The summed E-state index contributed by atoms with van der Waals surface area (Å²) in [6.07, 6.45) is 1.37. The maximum atomic E-state index is 13.3. The van der Waals surface area contributed by atoms with Crippen molar-refractivity contribution in [2.45, 2.75) is 32.4 Å². The summed E-state index contributed by atoms with van der Waals surface area (Å²) in [6, 6.07) is 18.8. The van der Waals surface area contributed by atoms with Crippen molar-refractivity contribution in [2.75, 3.05) is 6.54 Å². The van der Waals surface area contributed by atoms with Crippen molar-refractivity contribution in [3.05, 3.63) is 77.6 Å². The number of aryl methyl sites for hydroxylation is 1. The number of nitrogens with zero attached hydrogens (tertiary/aromatic N) is 2. The minimum atomic E-state index is -0.572. The van der Waals surface area contributed by atoms with Crippen LogP contribution in [0.2, 0.25) is 0 Å². The topological polar surface area (TPSA) is 75.3 Å². The molecule has 0 bridgehead atoms. The van der Waals surface area contributed by atoms with Gasteiger partial charge in [0, 0.05) is 22.8 Å². The Morgan fingerprint density at radius 2 is 1.87 bits per heavy atom. The molecule has 4 aromatic rings.